The molecule has 1 atom stereocenters. The van der Waals surface area contributed by atoms with Gasteiger partial charge in [-0.05, 0) is 44.4 Å². The van der Waals surface area contributed by atoms with Gasteiger partial charge in [0, 0.05) is 16.6 Å². The Kier molecular flexibility index (Phi) is 7.61. The number of rotatable bonds is 9. The van der Waals surface area contributed by atoms with Crippen LogP contribution in [0.1, 0.15) is 44.2 Å². The summed E-state index contributed by atoms with van der Waals surface area (Å²) in [6, 6.07) is 6.17. The fraction of sp³-hybridized carbons (Fsp3) is 0.500. The molecule has 0 aliphatic rings. The Bertz CT molecular complexity index is 392. The first-order chi connectivity index (χ1) is 9.22. The zero-order chi connectivity index (χ0) is 14.1. The number of halogens is 1. The number of hydrogen-bond acceptors (Lipinski definition) is 2. The highest BCUT2D eigenvalue weighted by atomic mass is 35.5. The highest BCUT2D eigenvalue weighted by molar-refractivity contribution is 6.30. The molecule has 19 heavy (non-hydrogen) atoms. The topological polar surface area (TPSA) is 21.3 Å². The van der Waals surface area contributed by atoms with Crippen molar-refractivity contribution >= 4 is 11.6 Å². The van der Waals surface area contributed by atoms with Crippen LogP contribution in [0.2, 0.25) is 5.02 Å². The first-order valence-corrected chi connectivity index (χ1v) is 7.28. The van der Waals surface area contributed by atoms with Gasteiger partial charge in [0.2, 0.25) is 0 Å². The van der Waals surface area contributed by atoms with Gasteiger partial charge in [-0.3, -0.25) is 0 Å². The highest BCUT2D eigenvalue weighted by Crippen LogP contribution is 2.31. The predicted molar refractivity (Wildman–Crippen MR) is 83.1 cm³/mol. The minimum absolute atomic E-state index is 0.312. The van der Waals surface area contributed by atoms with Crippen LogP contribution in [-0.2, 0) is 0 Å². The van der Waals surface area contributed by atoms with Crippen molar-refractivity contribution < 1.29 is 4.74 Å². The van der Waals surface area contributed by atoms with E-state index in [0.717, 1.165) is 38.0 Å². The molecule has 0 heterocycles. The molecule has 1 aromatic rings. The van der Waals surface area contributed by atoms with Gasteiger partial charge >= 0.3 is 0 Å². The summed E-state index contributed by atoms with van der Waals surface area (Å²) in [5.41, 5.74) is 1.18. The monoisotopic (exact) mass is 281 g/mol. The molecule has 0 aliphatic heterocycles. The van der Waals surface area contributed by atoms with E-state index in [1.165, 1.54) is 5.56 Å². The predicted octanol–water partition coefficient (Wildman–Crippen LogP) is 4.75. The fourth-order valence-electron chi connectivity index (χ4n) is 2.13. The molecular weight excluding hydrogens is 258 g/mol. The Morgan fingerprint density at radius 3 is 2.89 bits per heavy atom. The van der Waals surface area contributed by atoms with Crippen LogP contribution in [-0.4, -0.2) is 13.7 Å². The molecule has 1 rings (SSSR count). The van der Waals surface area contributed by atoms with E-state index in [0.29, 0.717) is 11.1 Å². The third-order valence-electron chi connectivity index (χ3n) is 3.11. The van der Waals surface area contributed by atoms with Crippen molar-refractivity contribution in [1.29, 1.82) is 0 Å². The Morgan fingerprint density at radius 2 is 2.26 bits per heavy atom. The Morgan fingerprint density at radius 1 is 1.47 bits per heavy atom. The molecule has 1 aromatic carbocycles. The average Bonchev–Trinajstić information content (AvgIpc) is 2.43. The number of ether oxygens (including phenoxy) is 1. The Labute approximate surface area is 121 Å². The molecular formula is C16H24ClNO. The maximum Gasteiger partial charge on any atom is 0.125 e. The second kappa shape index (κ2) is 9.00. The SMILES string of the molecule is C=CCCCC(NCCC)c1ccc(Cl)cc1OC. The average molecular weight is 282 g/mol. The van der Waals surface area contributed by atoms with Gasteiger partial charge in [0.05, 0.1) is 7.11 Å². The maximum atomic E-state index is 6.02. The van der Waals surface area contributed by atoms with Crippen LogP contribution in [0.4, 0.5) is 0 Å². The van der Waals surface area contributed by atoms with Gasteiger partial charge in [-0.25, -0.2) is 0 Å². The Balaban J connectivity index is 2.85. The molecule has 1 N–H and O–H groups in total. The minimum Gasteiger partial charge on any atom is -0.496 e. The van der Waals surface area contributed by atoms with Crippen LogP contribution in [0.25, 0.3) is 0 Å². The zero-order valence-corrected chi connectivity index (χ0v) is 12.7. The Hall–Kier alpha value is -0.990. The first-order valence-electron chi connectivity index (χ1n) is 6.90. The lowest BCUT2D eigenvalue weighted by Gasteiger charge is -2.21. The van der Waals surface area contributed by atoms with E-state index in [1.807, 2.05) is 18.2 Å². The van der Waals surface area contributed by atoms with E-state index in [1.54, 1.807) is 7.11 Å². The van der Waals surface area contributed by atoms with Crippen LogP contribution in [0.3, 0.4) is 0 Å². The van der Waals surface area contributed by atoms with Crippen LogP contribution in [0.15, 0.2) is 30.9 Å². The van der Waals surface area contributed by atoms with E-state index in [9.17, 15) is 0 Å². The van der Waals surface area contributed by atoms with Crippen molar-refractivity contribution in [2.45, 2.75) is 38.6 Å². The van der Waals surface area contributed by atoms with Gasteiger partial charge < -0.3 is 10.1 Å². The summed E-state index contributed by atoms with van der Waals surface area (Å²) in [6.07, 6.45) is 6.32. The molecule has 0 aliphatic carbocycles. The molecule has 0 spiro atoms. The smallest absolute Gasteiger partial charge is 0.125 e. The van der Waals surface area contributed by atoms with Crippen molar-refractivity contribution in [3.63, 3.8) is 0 Å². The second-order valence-corrected chi connectivity index (χ2v) is 5.05. The van der Waals surface area contributed by atoms with E-state index in [4.69, 9.17) is 16.3 Å². The maximum absolute atomic E-state index is 6.02. The minimum atomic E-state index is 0.312. The number of methoxy groups -OCH3 is 1. The van der Waals surface area contributed by atoms with Crippen molar-refractivity contribution in [3.8, 4) is 5.75 Å². The molecule has 0 saturated carbocycles. The third kappa shape index (κ3) is 5.25. The third-order valence-corrected chi connectivity index (χ3v) is 3.35. The lowest BCUT2D eigenvalue weighted by molar-refractivity contribution is 0.393. The van der Waals surface area contributed by atoms with Crippen molar-refractivity contribution in [2.24, 2.45) is 0 Å². The van der Waals surface area contributed by atoms with E-state index >= 15 is 0 Å². The molecule has 0 fully saturated rings. The number of benzene rings is 1. The molecule has 0 saturated heterocycles. The van der Waals surface area contributed by atoms with Crippen molar-refractivity contribution in [2.75, 3.05) is 13.7 Å². The van der Waals surface area contributed by atoms with Gasteiger partial charge in [0.1, 0.15) is 5.75 Å². The van der Waals surface area contributed by atoms with Crippen molar-refractivity contribution in [1.82, 2.24) is 5.32 Å². The largest absolute Gasteiger partial charge is 0.496 e. The standard InChI is InChI=1S/C16H24ClNO/c1-4-6-7-8-15(18-11-5-2)14-10-9-13(17)12-16(14)19-3/h4,9-10,12,15,18H,1,5-8,11H2,2-3H3. The van der Waals surface area contributed by atoms with Crippen LogP contribution < -0.4 is 10.1 Å². The number of allylic oxidation sites excluding steroid dienone is 1. The molecule has 0 aromatic heterocycles. The van der Waals surface area contributed by atoms with E-state index < -0.39 is 0 Å². The molecule has 1 unspecified atom stereocenters. The molecule has 0 amide bonds. The van der Waals surface area contributed by atoms with Gasteiger partial charge in [-0.15, -0.1) is 6.58 Å². The summed E-state index contributed by atoms with van der Waals surface area (Å²) in [7, 11) is 1.69. The lowest BCUT2D eigenvalue weighted by atomic mass is 9.99. The fourth-order valence-corrected chi connectivity index (χ4v) is 2.29. The summed E-state index contributed by atoms with van der Waals surface area (Å²) in [5, 5.41) is 4.29. The second-order valence-electron chi connectivity index (χ2n) is 4.61. The number of nitrogens with one attached hydrogen (secondary N) is 1. The molecule has 3 heteroatoms. The summed E-state index contributed by atoms with van der Waals surface area (Å²) >= 11 is 6.02. The quantitative estimate of drug-likeness (QED) is 0.521. The lowest BCUT2D eigenvalue weighted by Crippen LogP contribution is -2.22. The highest BCUT2D eigenvalue weighted by Gasteiger charge is 2.15. The molecule has 0 radical (unpaired) electrons. The van der Waals surface area contributed by atoms with Gasteiger partial charge in [0.15, 0.2) is 0 Å². The molecule has 2 nitrogen and oxygen atoms in total. The number of unbranched alkanes of at least 4 members (excludes halogenated alkanes) is 1. The van der Waals surface area contributed by atoms with Crippen LogP contribution in [0, 0.1) is 0 Å². The van der Waals surface area contributed by atoms with Crippen LogP contribution >= 0.6 is 11.6 Å². The normalized spacial score (nSPS) is 12.2. The van der Waals surface area contributed by atoms with E-state index in [-0.39, 0.29) is 0 Å². The summed E-state index contributed by atoms with van der Waals surface area (Å²) in [6.45, 7) is 6.95. The summed E-state index contributed by atoms with van der Waals surface area (Å²) in [4.78, 5) is 0. The zero-order valence-electron chi connectivity index (χ0n) is 11.9. The first kappa shape index (κ1) is 16.1. The van der Waals surface area contributed by atoms with Gasteiger partial charge in [-0.1, -0.05) is 30.7 Å². The molecule has 0 bridgehead atoms. The summed E-state index contributed by atoms with van der Waals surface area (Å²) in [5.74, 6) is 0.861. The number of hydrogen-bond donors (Lipinski definition) is 1. The van der Waals surface area contributed by atoms with E-state index in [2.05, 4.69) is 24.9 Å². The van der Waals surface area contributed by atoms with Crippen LogP contribution in [0.5, 0.6) is 5.75 Å². The van der Waals surface area contributed by atoms with Gasteiger partial charge in [-0.2, -0.15) is 0 Å². The van der Waals surface area contributed by atoms with Crippen molar-refractivity contribution in [3.05, 3.63) is 41.4 Å². The summed E-state index contributed by atoms with van der Waals surface area (Å²) < 4.78 is 5.45. The van der Waals surface area contributed by atoms with Gasteiger partial charge in [0.25, 0.3) is 0 Å². The molecule has 106 valence electrons.